The molecular weight excluding hydrogens is 309 g/mol. The molecule has 1 saturated carbocycles. The molecule has 2 rings (SSSR count). The van der Waals surface area contributed by atoms with Crippen LogP contribution in [0.15, 0.2) is 22.7 Å². The topological polar surface area (TPSA) is 27.0 Å². The Morgan fingerprint density at radius 3 is 2.50 bits per heavy atom. The summed E-state index contributed by atoms with van der Waals surface area (Å²) in [4.78, 5) is 1.35. The highest BCUT2D eigenvalue weighted by atomic mass is 79.9. The molecule has 1 aliphatic rings. The van der Waals surface area contributed by atoms with Gasteiger partial charge in [-0.3, -0.25) is 0 Å². The lowest BCUT2D eigenvalue weighted by Gasteiger charge is -2.26. The van der Waals surface area contributed by atoms with Crippen LogP contribution >= 0.6 is 15.9 Å². The number of nitrogens with zero attached hydrogens (tertiary/aromatic N) is 2. The molecule has 1 aromatic carbocycles. The number of halogens is 4. The lowest BCUT2D eigenvalue weighted by molar-refractivity contribution is -0.120. The molecular formula is C12H10BrF3N2. The molecule has 0 amide bonds. The zero-order chi connectivity index (χ0) is 13.3. The number of hydrogen-bond acceptors (Lipinski definition) is 2. The predicted octanol–water partition coefficient (Wildman–Crippen LogP) is 3.85. The van der Waals surface area contributed by atoms with Crippen LogP contribution in [0.3, 0.4) is 0 Å². The second-order valence-electron chi connectivity index (χ2n) is 4.25. The number of benzene rings is 1. The van der Waals surface area contributed by atoms with Crippen LogP contribution in [0.2, 0.25) is 0 Å². The average molecular weight is 319 g/mol. The SMILES string of the molecule is N#Cc1ccc(N(CC(F)(F)F)C2CC2)cc1Br. The zero-order valence-electron chi connectivity index (χ0n) is 9.34. The van der Waals surface area contributed by atoms with E-state index in [0.717, 1.165) is 12.8 Å². The van der Waals surface area contributed by atoms with Crippen molar-refractivity contribution in [1.82, 2.24) is 0 Å². The molecule has 0 radical (unpaired) electrons. The molecule has 0 aliphatic heterocycles. The van der Waals surface area contributed by atoms with Gasteiger partial charge in [0.05, 0.1) is 5.56 Å². The van der Waals surface area contributed by atoms with Crippen molar-refractivity contribution in [3.63, 3.8) is 0 Å². The van der Waals surface area contributed by atoms with Crippen molar-refractivity contribution in [2.75, 3.05) is 11.4 Å². The van der Waals surface area contributed by atoms with Crippen LogP contribution in [-0.2, 0) is 0 Å². The minimum absolute atomic E-state index is 0.0357. The number of rotatable bonds is 3. The van der Waals surface area contributed by atoms with Gasteiger partial charge in [0.1, 0.15) is 12.6 Å². The third-order valence-corrected chi connectivity index (χ3v) is 3.40. The van der Waals surface area contributed by atoms with Crippen LogP contribution in [0.25, 0.3) is 0 Å². The Hall–Kier alpha value is -1.22. The van der Waals surface area contributed by atoms with E-state index in [1.54, 1.807) is 12.1 Å². The monoisotopic (exact) mass is 318 g/mol. The van der Waals surface area contributed by atoms with Crippen molar-refractivity contribution in [3.05, 3.63) is 28.2 Å². The minimum Gasteiger partial charge on any atom is -0.359 e. The summed E-state index contributed by atoms with van der Waals surface area (Å²) in [6.07, 6.45) is -2.65. The standard InChI is InChI=1S/C12H10BrF3N2/c13-11-5-10(2-1-8(11)6-17)18(9-3-4-9)7-12(14,15)16/h1-2,5,9H,3-4,7H2. The highest BCUT2D eigenvalue weighted by Crippen LogP contribution is 2.35. The fourth-order valence-corrected chi connectivity index (χ4v) is 2.24. The summed E-state index contributed by atoms with van der Waals surface area (Å²) >= 11 is 3.19. The van der Waals surface area contributed by atoms with E-state index in [9.17, 15) is 13.2 Å². The van der Waals surface area contributed by atoms with E-state index in [2.05, 4.69) is 15.9 Å². The second-order valence-corrected chi connectivity index (χ2v) is 5.10. The molecule has 18 heavy (non-hydrogen) atoms. The Morgan fingerprint density at radius 2 is 2.06 bits per heavy atom. The van der Waals surface area contributed by atoms with E-state index in [0.29, 0.717) is 15.7 Å². The first-order valence-corrected chi connectivity index (χ1v) is 6.23. The van der Waals surface area contributed by atoms with Crippen molar-refractivity contribution >= 4 is 21.6 Å². The zero-order valence-corrected chi connectivity index (χ0v) is 10.9. The second kappa shape index (κ2) is 4.81. The van der Waals surface area contributed by atoms with Crippen LogP contribution in [-0.4, -0.2) is 18.8 Å². The van der Waals surface area contributed by atoms with Crippen molar-refractivity contribution < 1.29 is 13.2 Å². The third-order valence-electron chi connectivity index (χ3n) is 2.74. The summed E-state index contributed by atoms with van der Waals surface area (Å²) in [7, 11) is 0. The molecule has 1 aromatic rings. The maximum Gasteiger partial charge on any atom is 0.405 e. The van der Waals surface area contributed by atoms with Gasteiger partial charge in [0.15, 0.2) is 0 Å². The van der Waals surface area contributed by atoms with Gasteiger partial charge in [-0.05, 0) is 47.0 Å². The Bertz CT molecular complexity index is 489. The van der Waals surface area contributed by atoms with Gasteiger partial charge in [-0.15, -0.1) is 0 Å². The van der Waals surface area contributed by atoms with Gasteiger partial charge in [-0.1, -0.05) is 0 Å². The van der Waals surface area contributed by atoms with E-state index in [1.165, 1.54) is 11.0 Å². The highest BCUT2D eigenvalue weighted by molar-refractivity contribution is 9.10. The summed E-state index contributed by atoms with van der Waals surface area (Å²) in [6.45, 7) is -0.948. The van der Waals surface area contributed by atoms with E-state index < -0.39 is 12.7 Å². The van der Waals surface area contributed by atoms with Crippen molar-refractivity contribution in [2.24, 2.45) is 0 Å². The fraction of sp³-hybridized carbons (Fsp3) is 0.417. The molecule has 0 N–H and O–H groups in total. The summed E-state index contributed by atoms with van der Waals surface area (Å²) in [5.74, 6) is 0. The van der Waals surface area contributed by atoms with Crippen LogP contribution < -0.4 is 4.90 Å². The molecule has 0 aromatic heterocycles. The van der Waals surface area contributed by atoms with E-state index >= 15 is 0 Å². The fourth-order valence-electron chi connectivity index (χ4n) is 1.78. The number of nitriles is 1. The van der Waals surface area contributed by atoms with Crippen molar-refractivity contribution in [1.29, 1.82) is 5.26 Å². The average Bonchev–Trinajstić information content (AvgIpc) is 3.08. The quantitative estimate of drug-likeness (QED) is 0.846. The predicted molar refractivity (Wildman–Crippen MR) is 65.3 cm³/mol. The largest absolute Gasteiger partial charge is 0.405 e. The van der Waals surface area contributed by atoms with Gasteiger partial charge in [0.2, 0.25) is 0 Å². The van der Waals surface area contributed by atoms with Crippen LogP contribution in [0.4, 0.5) is 18.9 Å². The summed E-state index contributed by atoms with van der Waals surface area (Å²) in [5, 5.41) is 8.78. The summed E-state index contributed by atoms with van der Waals surface area (Å²) in [6, 6.07) is 6.60. The van der Waals surface area contributed by atoms with Crippen LogP contribution in [0.5, 0.6) is 0 Å². The summed E-state index contributed by atoms with van der Waals surface area (Å²) in [5.41, 5.74) is 0.919. The first-order chi connectivity index (χ1) is 8.40. The van der Waals surface area contributed by atoms with Crippen LogP contribution in [0.1, 0.15) is 18.4 Å². The normalized spacial score (nSPS) is 15.3. The van der Waals surface area contributed by atoms with Gasteiger partial charge in [0, 0.05) is 16.2 Å². The lowest BCUT2D eigenvalue weighted by atomic mass is 10.2. The Labute approximate surface area is 111 Å². The molecule has 0 heterocycles. The van der Waals surface area contributed by atoms with Gasteiger partial charge in [-0.25, -0.2) is 0 Å². The molecule has 2 nitrogen and oxygen atoms in total. The molecule has 0 unspecified atom stereocenters. The van der Waals surface area contributed by atoms with Crippen molar-refractivity contribution in [3.8, 4) is 6.07 Å². The Morgan fingerprint density at radius 1 is 1.39 bits per heavy atom. The number of anilines is 1. The maximum absolute atomic E-state index is 12.5. The van der Waals surface area contributed by atoms with E-state index in [4.69, 9.17) is 5.26 Å². The van der Waals surface area contributed by atoms with Crippen molar-refractivity contribution in [2.45, 2.75) is 25.1 Å². The molecule has 96 valence electrons. The minimum atomic E-state index is -4.22. The summed E-state index contributed by atoms with van der Waals surface area (Å²) < 4.78 is 38.1. The molecule has 1 aliphatic carbocycles. The molecule has 0 atom stereocenters. The molecule has 0 bridgehead atoms. The van der Waals surface area contributed by atoms with E-state index in [1.807, 2.05) is 6.07 Å². The molecule has 0 saturated heterocycles. The molecule has 6 heteroatoms. The lowest BCUT2D eigenvalue weighted by Crippen LogP contribution is -2.35. The first-order valence-electron chi connectivity index (χ1n) is 5.44. The smallest absolute Gasteiger partial charge is 0.359 e. The third kappa shape index (κ3) is 3.16. The van der Waals surface area contributed by atoms with Gasteiger partial charge >= 0.3 is 6.18 Å². The van der Waals surface area contributed by atoms with Gasteiger partial charge in [0.25, 0.3) is 0 Å². The molecule has 0 spiro atoms. The number of hydrogen-bond donors (Lipinski definition) is 0. The number of alkyl halides is 3. The first kappa shape index (κ1) is 13.2. The molecule has 1 fully saturated rings. The highest BCUT2D eigenvalue weighted by Gasteiger charge is 2.38. The van der Waals surface area contributed by atoms with Gasteiger partial charge in [-0.2, -0.15) is 18.4 Å². The Balaban J connectivity index is 2.26. The Kier molecular flexibility index (Phi) is 3.53. The maximum atomic E-state index is 12.5. The van der Waals surface area contributed by atoms with Crippen LogP contribution in [0, 0.1) is 11.3 Å². The van der Waals surface area contributed by atoms with E-state index in [-0.39, 0.29) is 6.04 Å². The van der Waals surface area contributed by atoms with Gasteiger partial charge < -0.3 is 4.90 Å².